The fraction of sp³-hybridized carbons (Fsp3) is 0.500. The molecule has 1 aromatic carbocycles. The molecule has 98 valence electrons. The molecule has 2 rings (SSSR count). The second-order valence-electron chi connectivity index (χ2n) is 5.30. The Balaban J connectivity index is 1.97. The van der Waals surface area contributed by atoms with Gasteiger partial charge < -0.3 is 5.32 Å². The third-order valence-corrected chi connectivity index (χ3v) is 4.03. The van der Waals surface area contributed by atoms with E-state index in [-0.39, 0.29) is 11.5 Å². The van der Waals surface area contributed by atoms with Gasteiger partial charge in [0.2, 0.25) is 0 Å². The summed E-state index contributed by atoms with van der Waals surface area (Å²) in [4.78, 5) is 0. The van der Waals surface area contributed by atoms with Crippen LogP contribution in [0.1, 0.15) is 38.2 Å². The first kappa shape index (κ1) is 13.6. The molecule has 1 fully saturated rings. The van der Waals surface area contributed by atoms with Crippen LogP contribution in [0.4, 0.5) is 0 Å². The molecule has 3 nitrogen and oxygen atoms in total. The molecule has 0 radical (unpaired) electrons. The zero-order valence-corrected chi connectivity index (χ0v) is 11.3. The minimum Gasteiger partial charge on any atom is -0.310 e. The molecule has 19 heavy (non-hydrogen) atoms. The highest BCUT2D eigenvalue weighted by molar-refractivity contribution is 5.36. The van der Waals surface area contributed by atoms with Gasteiger partial charge in [-0.1, -0.05) is 37.3 Å². The van der Waals surface area contributed by atoms with Crippen LogP contribution in [-0.4, -0.2) is 12.1 Å². The number of hydrogen-bond donors (Lipinski definition) is 1. The van der Waals surface area contributed by atoms with Crippen LogP contribution < -0.4 is 5.32 Å². The molecule has 0 spiro atoms. The first-order chi connectivity index (χ1) is 9.24. The summed E-state index contributed by atoms with van der Waals surface area (Å²) in [6, 6.07) is 15.3. The Kier molecular flexibility index (Phi) is 4.20. The molecule has 1 aromatic rings. The smallest absolute Gasteiger partial charge is 0.0852 e. The normalized spacial score (nSPS) is 26.8. The van der Waals surface area contributed by atoms with E-state index in [1.165, 1.54) is 0 Å². The van der Waals surface area contributed by atoms with Crippen LogP contribution in [0.5, 0.6) is 0 Å². The van der Waals surface area contributed by atoms with E-state index in [1.807, 2.05) is 30.3 Å². The highest BCUT2D eigenvalue weighted by Gasteiger charge is 2.46. The van der Waals surface area contributed by atoms with Crippen LogP contribution in [0.3, 0.4) is 0 Å². The molecule has 1 saturated carbocycles. The quantitative estimate of drug-likeness (QED) is 0.877. The molecule has 1 aliphatic carbocycles. The summed E-state index contributed by atoms with van der Waals surface area (Å²) in [5.41, 5.74) is 0.785. The molecule has 0 saturated heterocycles. The lowest BCUT2D eigenvalue weighted by Gasteiger charge is -2.44. The highest BCUT2D eigenvalue weighted by atomic mass is 15.0. The van der Waals surface area contributed by atoms with Crippen LogP contribution in [-0.2, 0) is 5.41 Å². The van der Waals surface area contributed by atoms with Crippen molar-refractivity contribution in [1.29, 1.82) is 10.5 Å². The zero-order valence-electron chi connectivity index (χ0n) is 11.3. The average Bonchev–Trinajstić information content (AvgIpc) is 2.42. The van der Waals surface area contributed by atoms with E-state index in [0.717, 1.165) is 24.8 Å². The molecule has 0 heterocycles. The topological polar surface area (TPSA) is 59.6 Å². The zero-order chi connectivity index (χ0) is 13.7. The standard InChI is InChI=1S/C16H19N3/c1-2-14(8-9-17)19-15-10-16(11-15,12-18)13-6-4-3-5-7-13/h3-7,14-15,19H,2,8,10-11H2,1H3. The molecule has 1 N–H and O–H groups in total. The summed E-state index contributed by atoms with van der Waals surface area (Å²) in [5.74, 6) is 0. The van der Waals surface area contributed by atoms with Gasteiger partial charge in [0, 0.05) is 12.1 Å². The summed E-state index contributed by atoms with van der Waals surface area (Å²) in [7, 11) is 0. The molecule has 0 aromatic heterocycles. The van der Waals surface area contributed by atoms with Crippen molar-refractivity contribution < 1.29 is 0 Å². The van der Waals surface area contributed by atoms with Crippen molar-refractivity contribution in [3.63, 3.8) is 0 Å². The Morgan fingerprint density at radius 1 is 1.32 bits per heavy atom. The first-order valence-corrected chi connectivity index (χ1v) is 6.84. The van der Waals surface area contributed by atoms with Crippen molar-refractivity contribution >= 4 is 0 Å². The Hall–Kier alpha value is -1.84. The van der Waals surface area contributed by atoms with Crippen molar-refractivity contribution in [2.24, 2.45) is 0 Å². The van der Waals surface area contributed by atoms with Gasteiger partial charge >= 0.3 is 0 Å². The molecule has 1 atom stereocenters. The van der Waals surface area contributed by atoms with E-state index in [9.17, 15) is 5.26 Å². The third-order valence-electron chi connectivity index (χ3n) is 4.03. The number of nitrogens with zero attached hydrogens (tertiary/aromatic N) is 2. The van der Waals surface area contributed by atoms with Gasteiger partial charge in [-0.15, -0.1) is 0 Å². The minimum absolute atomic E-state index is 0.252. The molecule has 1 aliphatic rings. The van der Waals surface area contributed by atoms with Crippen molar-refractivity contribution in [1.82, 2.24) is 5.32 Å². The summed E-state index contributed by atoms with van der Waals surface area (Å²) < 4.78 is 0. The predicted octanol–water partition coefficient (Wildman–Crippen LogP) is 2.89. The fourth-order valence-electron chi connectivity index (χ4n) is 2.81. The molecule has 3 heteroatoms. The molecule has 0 aliphatic heterocycles. The summed E-state index contributed by atoms with van der Waals surface area (Å²) in [6.07, 6.45) is 3.18. The van der Waals surface area contributed by atoms with Crippen molar-refractivity contribution in [2.75, 3.05) is 0 Å². The van der Waals surface area contributed by atoms with Crippen molar-refractivity contribution in [3.05, 3.63) is 35.9 Å². The summed E-state index contributed by atoms with van der Waals surface area (Å²) in [6.45, 7) is 2.09. The lowest BCUT2D eigenvalue weighted by molar-refractivity contribution is 0.207. The highest BCUT2D eigenvalue weighted by Crippen LogP contribution is 2.43. The van der Waals surface area contributed by atoms with E-state index in [1.54, 1.807) is 0 Å². The SMILES string of the molecule is CCC(CC#N)NC1CC(C#N)(c2ccccc2)C1. The van der Waals surface area contributed by atoms with Gasteiger partial charge in [-0.2, -0.15) is 10.5 Å². The second-order valence-corrected chi connectivity index (χ2v) is 5.30. The summed E-state index contributed by atoms with van der Waals surface area (Å²) in [5, 5.41) is 21.7. The maximum absolute atomic E-state index is 9.47. The lowest BCUT2D eigenvalue weighted by atomic mass is 9.62. The maximum Gasteiger partial charge on any atom is 0.0852 e. The van der Waals surface area contributed by atoms with Crippen molar-refractivity contribution in [3.8, 4) is 12.1 Å². The van der Waals surface area contributed by atoms with Gasteiger partial charge in [0.1, 0.15) is 0 Å². The van der Waals surface area contributed by atoms with Crippen molar-refractivity contribution in [2.45, 2.75) is 50.1 Å². The Morgan fingerprint density at radius 2 is 2.00 bits per heavy atom. The number of hydrogen-bond acceptors (Lipinski definition) is 3. The molecule has 1 unspecified atom stereocenters. The molecule has 0 amide bonds. The van der Waals surface area contributed by atoms with Gasteiger partial charge in [-0.25, -0.2) is 0 Å². The Labute approximate surface area is 114 Å². The summed E-state index contributed by atoms with van der Waals surface area (Å²) >= 11 is 0. The van der Waals surface area contributed by atoms with E-state index in [4.69, 9.17) is 5.26 Å². The number of benzene rings is 1. The van der Waals surface area contributed by atoms with E-state index in [2.05, 4.69) is 24.4 Å². The van der Waals surface area contributed by atoms with Gasteiger partial charge in [0.15, 0.2) is 0 Å². The third kappa shape index (κ3) is 2.78. The second kappa shape index (κ2) is 5.87. The van der Waals surface area contributed by atoms with E-state index in [0.29, 0.717) is 12.5 Å². The minimum atomic E-state index is -0.330. The Morgan fingerprint density at radius 3 is 2.53 bits per heavy atom. The molecular formula is C16H19N3. The average molecular weight is 253 g/mol. The first-order valence-electron chi connectivity index (χ1n) is 6.84. The fourth-order valence-corrected chi connectivity index (χ4v) is 2.81. The Bertz CT molecular complexity index is 489. The van der Waals surface area contributed by atoms with Crippen LogP contribution in [0.15, 0.2) is 30.3 Å². The number of rotatable bonds is 5. The maximum atomic E-state index is 9.47. The van der Waals surface area contributed by atoms with Gasteiger partial charge in [0.05, 0.1) is 24.0 Å². The molecule has 0 bridgehead atoms. The van der Waals surface area contributed by atoms with Gasteiger partial charge in [-0.3, -0.25) is 0 Å². The van der Waals surface area contributed by atoms with Crippen LogP contribution in [0.2, 0.25) is 0 Å². The van der Waals surface area contributed by atoms with Crippen LogP contribution >= 0.6 is 0 Å². The van der Waals surface area contributed by atoms with Gasteiger partial charge in [0.25, 0.3) is 0 Å². The van der Waals surface area contributed by atoms with Crippen LogP contribution in [0, 0.1) is 22.7 Å². The number of nitriles is 2. The predicted molar refractivity (Wildman–Crippen MR) is 74.2 cm³/mol. The van der Waals surface area contributed by atoms with Gasteiger partial charge in [-0.05, 0) is 24.8 Å². The largest absolute Gasteiger partial charge is 0.310 e. The van der Waals surface area contributed by atoms with E-state index >= 15 is 0 Å². The van der Waals surface area contributed by atoms with Crippen LogP contribution in [0.25, 0.3) is 0 Å². The number of nitrogens with one attached hydrogen (secondary N) is 1. The molecular weight excluding hydrogens is 234 g/mol. The van der Waals surface area contributed by atoms with E-state index < -0.39 is 0 Å². The lowest BCUT2D eigenvalue weighted by Crippen LogP contribution is -2.53. The monoisotopic (exact) mass is 253 g/mol.